The van der Waals surface area contributed by atoms with Crippen molar-refractivity contribution in [2.45, 2.75) is 30.2 Å². The van der Waals surface area contributed by atoms with E-state index in [0.29, 0.717) is 17.5 Å². The fourth-order valence-electron chi connectivity index (χ4n) is 3.95. The number of carbonyl (C=O) groups excluding carboxylic acids is 2. The van der Waals surface area contributed by atoms with Crippen LogP contribution in [-0.2, 0) is 22.4 Å². The first kappa shape index (κ1) is 17.9. The predicted molar refractivity (Wildman–Crippen MR) is 104 cm³/mol. The SMILES string of the molecule is O=C(C1Cc2ccccc2C1)C1SCN[C@@H]1C(=O)N1CSC[C@H]1C=NO. The highest BCUT2D eigenvalue weighted by atomic mass is 32.2. The van der Waals surface area contributed by atoms with Crippen LogP contribution in [0.4, 0.5) is 0 Å². The van der Waals surface area contributed by atoms with Crippen LogP contribution in [0.25, 0.3) is 0 Å². The molecule has 1 aromatic carbocycles. The van der Waals surface area contributed by atoms with Crippen molar-refractivity contribution >= 4 is 41.4 Å². The number of Topliss-reactive ketones (excluding diaryl/α,β-unsaturated/α-hetero) is 1. The van der Waals surface area contributed by atoms with Gasteiger partial charge in [-0.25, -0.2) is 0 Å². The monoisotopic (exact) mass is 391 g/mol. The van der Waals surface area contributed by atoms with Gasteiger partial charge in [-0.2, -0.15) is 0 Å². The van der Waals surface area contributed by atoms with E-state index in [1.807, 2.05) is 12.1 Å². The maximum Gasteiger partial charge on any atom is 0.242 e. The van der Waals surface area contributed by atoms with Crippen molar-refractivity contribution < 1.29 is 14.8 Å². The molecule has 2 aliphatic heterocycles. The number of nitrogens with zero attached hydrogens (tertiary/aromatic N) is 2. The minimum absolute atomic E-state index is 0.0390. The van der Waals surface area contributed by atoms with E-state index in [-0.39, 0.29) is 28.9 Å². The Bertz CT molecular complexity index is 717. The molecule has 0 saturated carbocycles. The zero-order chi connectivity index (χ0) is 18.1. The first-order valence-electron chi connectivity index (χ1n) is 8.70. The number of nitrogens with one attached hydrogen (secondary N) is 1. The van der Waals surface area contributed by atoms with Crippen molar-refractivity contribution in [2.24, 2.45) is 11.1 Å². The topological polar surface area (TPSA) is 82.0 Å². The van der Waals surface area contributed by atoms with Crippen LogP contribution in [0.2, 0.25) is 0 Å². The van der Waals surface area contributed by atoms with Gasteiger partial charge in [-0.1, -0.05) is 29.4 Å². The standard InChI is InChI=1S/C18H21N3O3S2/c22-16(13-5-11-3-1-2-4-12(11)6-13)17-15(19-9-26-17)18(23)21-10-25-8-14(21)7-20-24/h1-4,7,13-15,17,19,24H,5-6,8-10H2/t14-,15+,17?/m1/s1. The molecule has 0 spiro atoms. The minimum Gasteiger partial charge on any atom is -0.411 e. The van der Waals surface area contributed by atoms with Crippen molar-refractivity contribution in [3.63, 3.8) is 0 Å². The van der Waals surface area contributed by atoms with Gasteiger partial charge in [-0.3, -0.25) is 14.9 Å². The lowest BCUT2D eigenvalue weighted by atomic mass is 9.94. The highest BCUT2D eigenvalue weighted by molar-refractivity contribution is 8.01. The van der Waals surface area contributed by atoms with Gasteiger partial charge >= 0.3 is 0 Å². The molecule has 2 heterocycles. The lowest BCUT2D eigenvalue weighted by Gasteiger charge is -2.27. The van der Waals surface area contributed by atoms with Crippen molar-refractivity contribution in [3.05, 3.63) is 35.4 Å². The van der Waals surface area contributed by atoms with E-state index in [9.17, 15) is 9.59 Å². The minimum atomic E-state index is -0.496. The van der Waals surface area contributed by atoms with Crippen LogP contribution in [0.1, 0.15) is 11.1 Å². The molecule has 3 atom stereocenters. The second-order valence-corrected chi connectivity index (χ2v) is 8.96. The highest BCUT2D eigenvalue weighted by Gasteiger charge is 2.45. The molecule has 0 aromatic heterocycles. The number of oxime groups is 1. The summed E-state index contributed by atoms with van der Waals surface area (Å²) in [5, 5.41) is 14.8. The summed E-state index contributed by atoms with van der Waals surface area (Å²) in [5.41, 5.74) is 2.50. The molecule has 0 radical (unpaired) electrons. The molecule has 1 aromatic rings. The fourth-order valence-corrected chi connectivity index (χ4v) is 6.30. The Kier molecular flexibility index (Phi) is 5.24. The summed E-state index contributed by atoms with van der Waals surface area (Å²) in [6, 6.07) is 7.49. The maximum absolute atomic E-state index is 13.1. The molecule has 1 aliphatic carbocycles. The van der Waals surface area contributed by atoms with Crippen molar-refractivity contribution in [1.29, 1.82) is 0 Å². The van der Waals surface area contributed by atoms with E-state index < -0.39 is 6.04 Å². The Morgan fingerprint density at radius 3 is 2.69 bits per heavy atom. The van der Waals surface area contributed by atoms with Crippen LogP contribution in [-0.4, -0.2) is 62.9 Å². The van der Waals surface area contributed by atoms with Gasteiger partial charge in [0.05, 0.1) is 23.4 Å². The second kappa shape index (κ2) is 7.62. The highest BCUT2D eigenvalue weighted by Crippen LogP contribution is 2.34. The molecule has 6 nitrogen and oxygen atoms in total. The molecule has 2 saturated heterocycles. The lowest BCUT2D eigenvalue weighted by Crippen LogP contribution is -2.52. The average Bonchev–Trinajstić information content (AvgIpc) is 3.39. The number of fused-ring (bicyclic) bond motifs is 1. The molecule has 1 amide bonds. The zero-order valence-electron chi connectivity index (χ0n) is 14.2. The smallest absolute Gasteiger partial charge is 0.242 e. The Morgan fingerprint density at radius 1 is 1.27 bits per heavy atom. The van der Waals surface area contributed by atoms with E-state index in [0.717, 1.165) is 12.8 Å². The Hall–Kier alpha value is -1.51. The Balaban J connectivity index is 1.47. The van der Waals surface area contributed by atoms with E-state index in [4.69, 9.17) is 5.21 Å². The largest absolute Gasteiger partial charge is 0.411 e. The van der Waals surface area contributed by atoms with Crippen LogP contribution >= 0.6 is 23.5 Å². The fraction of sp³-hybridized carbons (Fsp3) is 0.500. The first-order chi connectivity index (χ1) is 12.7. The van der Waals surface area contributed by atoms with E-state index in [1.165, 1.54) is 29.1 Å². The molecular formula is C18H21N3O3S2. The molecule has 4 rings (SSSR count). The van der Waals surface area contributed by atoms with Crippen LogP contribution in [0.5, 0.6) is 0 Å². The number of carbonyl (C=O) groups is 2. The van der Waals surface area contributed by atoms with E-state index in [2.05, 4.69) is 22.6 Å². The van der Waals surface area contributed by atoms with Crippen LogP contribution < -0.4 is 5.32 Å². The van der Waals surface area contributed by atoms with Crippen molar-refractivity contribution in [2.75, 3.05) is 17.5 Å². The number of amides is 1. The van der Waals surface area contributed by atoms with Crippen LogP contribution in [0, 0.1) is 5.92 Å². The molecule has 1 unspecified atom stereocenters. The molecule has 2 N–H and O–H groups in total. The number of ketones is 1. The van der Waals surface area contributed by atoms with Gasteiger partial charge in [0.15, 0.2) is 5.78 Å². The van der Waals surface area contributed by atoms with Gasteiger partial charge in [0.25, 0.3) is 0 Å². The van der Waals surface area contributed by atoms with Gasteiger partial charge in [0, 0.05) is 17.5 Å². The number of hydrogen-bond acceptors (Lipinski definition) is 7. The van der Waals surface area contributed by atoms with Gasteiger partial charge in [-0.15, -0.1) is 23.5 Å². The van der Waals surface area contributed by atoms with Crippen molar-refractivity contribution in [3.8, 4) is 0 Å². The quantitative estimate of drug-likeness (QED) is 0.458. The summed E-state index contributed by atoms with van der Waals surface area (Å²) >= 11 is 3.15. The normalized spacial score (nSPS) is 28.8. The molecular weight excluding hydrogens is 370 g/mol. The second-order valence-electron chi connectivity index (χ2n) is 6.83. The summed E-state index contributed by atoms with van der Waals surface area (Å²) in [6.45, 7) is 0. The molecule has 8 heteroatoms. The molecule has 26 heavy (non-hydrogen) atoms. The summed E-state index contributed by atoms with van der Waals surface area (Å²) in [7, 11) is 0. The lowest BCUT2D eigenvalue weighted by molar-refractivity contribution is -0.135. The molecule has 2 fully saturated rings. The summed E-state index contributed by atoms with van der Waals surface area (Å²) in [5.74, 6) is 1.95. The summed E-state index contributed by atoms with van der Waals surface area (Å²) in [4.78, 5) is 27.9. The maximum atomic E-state index is 13.1. The molecule has 0 bridgehead atoms. The third-order valence-corrected chi connectivity index (χ3v) is 7.54. The third-order valence-electron chi connectivity index (χ3n) is 5.31. The zero-order valence-corrected chi connectivity index (χ0v) is 15.8. The van der Waals surface area contributed by atoms with E-state index >= 15 is 0 Å². The van der Waals surface area contributed by atoms with Gasteiger partial charge in [0.1, 0.15) is 6.04 Å². The number of rotatable bonds is 4. The average molecular weight is 392 g/mol. The molecule has 3 aliphatic rings. The summed E-state index contributed by atoms with van der Waals surface area (Å²) < 4.78 is 0. The van der Waals surface area contributed by atoms with Crippen molar-refractivity contribution in [1.82, 2.24) is 10.2 Å². The van der Waals surface area contributed by atoms with E-state index in [1.54, 1.807) is 16.7 Å². The van der Waals surface area contributed by atoms with Gasteiger partial charge < -0.3 is 10.1 Å². The summed E-state index contributed by atoms with van der Waals surface area (Å²) in [6.07, 6.45) is 2.93. The number of hydrogen-bond donors (Lipinski definition) is 2. The number of benzene rings is 1. The van der Waals surface area contributed by atoms with Crippen LogP contribution in [0.3, 0.4) is 0 Å². The Labute approximate surface area is 160 Å². The van der Waals surface area contributed by atoms with Gasteiger partial charge in [-0.05, 0) is 24.0 Å². The van der Waals surface area contributed by atoms with Gasteiger partial charge in [0.2, 0.25) is 5.91 Å². The van der Waals surface area contributed by atoms with Crippen LogP contribution in [0.15, 0.2) is 29.4 Å². The third kappa shape index (κ3) is 3.25. The number of thioether (sulfide) groups is 2. The molecule has 138 valence electrons. The first-order valence-corrected chi connectivity index (χ1v) is 10.9. The Morgan fingerprint density at radius 2 is 2.00 bits per heavy atom. The predicted octanol–water partition coefficient (Wildman–Crippen LogP) is 1.36.